The van der Waals surface area contributed by atoms with Crippen molar-refractivity contribution in [2.24, 2.45) is 0 Å². The van der Waals surface area contributed by atoms with Gasteiger partial charge in [0.25, 0.3) is 0 Å². The number of pyridine rings is 1. The van der Waals surface area contributed by atoms with Crippen LogP contribution in [0.1, 0.15) is 21.7 Å². The van der Waals surface area contributed by atoms with E-state index in [2.05, 4.69) is 49.2 Å². The van der Waals surface area contributed by atoms with Crippen molar-refractivity contribution in [2.45, 2.75) is 20.3 Å². The lowest BCUT2D eigenvalue weighted by Crippen LogP contribution is -1.96. The summed E-state index contributed by atoms with van der Waals surface area (Å²) < 4.78 is 0. The Hall–Kier alpha value is -2.59. The molecule has 0 amide bonds. The first kappa shape index (κ1) is 15.0. The second-order valence-electron chi connectivity index (χ2n) is 5.87. The SMILES string of the molecule is Cc1sc2nc(-c3cccc(Cc4ccccc4)n3)ncc2c1C. The molecule has 4 heteroatoms. The van der Waals surface area contributed by atoms with Gasteiger partial charge in [-0.3, -0.25) is 0 Å². The molecule has 3 heterocycles. The largest absolute Gasteiger partial charge is 0.249 e. The zero-order valence-electron chi connectivity index (χ0n) is 13.7. The molecule has 0 saturated carbocycles. The number of aromatic nitrogens is 3. The Bertz CT molecular complexity index is 1010. The predicted octanol–water partition coefficient (Wildman–Crippen LogP) is 4.96. The highest BCUT2D eigenvalue weighted by Crippen LogP contribution is 2.29. The van der Waals surface area contributed by atoms with Crippen molar-refractivity contribution in [1.82, 2.24) is 15.0 Å². The van der Waals surface area contributed by atoms with Crippen LogP contribution in [-0.4, -0.2) is 15.0 Å². The maximum Gasteiger partial charge on any atom is 0.179 e. The van der Waals surface area contributed by atoms with Gasteiger partial charge in [0.05, 0.1) is 0 Å². The molecule has 4 aromatic rings. The summed E-state index contributed by atoms with van der Waals surface area (Å²) in [5.74, 6) is 0.693. The number of aryl methyl sites for hydroxylation is 2. The van der Waals surface area contributed by atoms with Gasteiger partial charge in [-0.1, -0.05) is 36.4 Å². The Morgan fingerprint density at radius 1 is 0.917 bits per heavy atom. The average molecular weight is 331 g/mol. The van der Waals surface area contributed by atoms with E-state index in [9.17, 15) is 0 Å². The molecule has 0 unspecified atom stereocenters. The van der Waals surface area contributed by atoms with E-state index in [1.165, 1.54) is 16.0 Å². The van der Waals surface area contributed by atoms with Gasteiger partial charge in [-0.05, 0) is 37.1 Å². The third-order valence-corrected chi connectivity index (χ3v) is 5.32. The van der Waals surface area contributed by atoms with Crippen molar-refractivity contribution in [1.29, 1.82) is 0 Å². The van der Waals surface area contributed by atoms with Crippen molar-refractivity contribution in [3.8, 4) is 11.5 Å². The van der Waals surface area contributed by atoms with E-state index in [1.807, 2.05) is 24.4 Å². The number of hydrogen-bond donors (Lipinski definition) is 0. The first-order valence-corrected chi connectivity index (χ1v) is 8.75. The molecule has 0 spiro atoms. The van der Waals surface area contributed by atoms with Crippen LogP contribution in [-0.2, 0) is 6.42 Å². The van der Waals surface area contributed by atoms with Crippen LogP contribution in [0.2, 0.25) is 0 Å². The highest BCUT2D eigenvalue weighted by molar-refractivity contribution is 7.18. The third-order valence-electron chi connectivity index (χ3n) is 4.20. The molecule has 0 N–H and O–H groups in total. The van der Waals surface area contributed by atoms with Crippen LogP contribution < -0.4 is 0 Å². The number of hydrogen-bond acceptors (Lipinski definition) is 4. The molecule has 0 aliphatic heterocycles. The van der Waals surface area contributed by atoms with Crippen LogP contribution in [0.5, 0.6) is 0 Å². The van der Waals surface area contributed by atoms with Gasteiger partial charge in [-0.15, -0.1) is 11.3 Å². The number of fused-ring (bicyclic) bond motifs is 1. The minimum atomic E-state index is 0.693. The number of benzene rings is 1. The summed E-state index contributed by atoms with van der Waals surface area (Å²) in [5.41, 5.74) is 4.38. The first-order chi connectivity index (χ1) is 11.7. The molecule has 0 saturated heterocycles. The van der Waals surface area contributed by atoms with Gasteiger partial charge < -0.3 is 0 Å². The molecule has 1 aromatic carbocycles. The van der Waals surface area contributed by atoms with Crippen molar-refractivity contribution in [3.63, 3.8) is 0 Å². The van der Waals surface area contributed by atoms with Gasteiger partial charge in [0, 0.05) is 28.6 Å². The normalized spacial score (nSPS) is 11.1. The van der Waals surface area contributed by atoms with E-state index in [-0.39, 0.29) is 0 Å². The van der Waals surface area contributed by atoms with Crippen LogP contribution in [0.3, 0.4) is 0 Å². The summed E-state index contributed by atoms with van der Waals surface area (Å²) in [5, 5.41) is 1.14. The molecule has 0 aliphatic rings. The van der Waals surface area contributed by atoms with Crippen molar-refractivity contribution in [3.05, 3.63) is 76.4 Å². The van der Waals surface area contributed by atoms with Crippen molar-refractivity contribution >= 4 is 21.6 Å². The zero-order valence-corrected chi connectivity index (χ0v) is 14.5. The lowest BCUT2D eigenvalue weighted by Gasteiger charge is -2.04. The molecule has 0 atom stereocenters. The monoisotopic (exact) mass is 331 g/mol. The van der Waals surface area contributed by atoms with E-state index in [0.717, 1.165) is 28.0 Å². The van der Waals surface area contributed by atoms with Gasteiger partial charge in [0.1, 0.15) is 10.5 Å². The molecule has 24 heavy (non-hydrogen) atoms. The summed E-state index contributed by atoms with van der Waals surface area (Å²) in [6.45, 7) is 4.25. The summed E-state index contributed by atoms with van der Waals surface area (Å²) in [7, 11) is 0. The summed E-state index contributed by atoms with van der Waals surface area (Å²) in [6.07, 6.45) is 2.73. The fourth-order valence-corrected chi connectivity index (χ4v) is 3.74. The molecule has 3 aromatic heterocycles. The van der Waals surface area contributed by atoms with E-state index < -0.39 is 0 Å². The van der Waals surface area contributed by atoms with Crippen LogP contribution in [0.15, 0.2) is 54.7 Å². The highest BCUT2D eigenvalue weighted by Gasteiger charge is 2.10. The standard InChI is InChI=1S/C20H17N3S/c1-13-14(2)24-20-17(13)12-21-19(23-20)18-10-6-9-16(22-18)11-15-7-4-3-5-8-15/h3-10,12H,11H2,1-2H3. The van der Waals surface area contributed by atoms with E-state index in [4.69, 9.17) is 9.97 Å². The molecule has 0 aliphatic carbocycles. The van der Waals surface area contributed by atoms with Crippen LogP contribution in [0, 0.1) is 13.8 Å². The summed E-state index contributed by atoms with van der Waals surface area (Å²) in [6, 6.07) is 16.4. The molecule has 0 bridgehead atoms. The molecule has 0 radical (unpaired) electrons. The highest BCUT2D eigenvalue weighted by atomic mass is 32.1. The fraction of sp³-hybridized carbons (Fsp3) is 0.150. The van der Waals surface area contributed by atoms with Gasteiger partial charge >= 0.3 is 0 Å². The molecular formula is C20H17N3S. The topological polar surface area (TPSA) is 38.7 Å². The third kappa shape index (κ3) is 2.81. The van der Waals surface area contributed by atoms with Crippen molar-refractivity contribution in [2.75, 3.05) is 0 Å². The summed E-state index contributed by atoms with van der Waals surface area (Å²) in [4.78, 5) is 16.3. The average Bonchev–Trinajstić information content (AvgIpc) is 2.90. The Balaban J connectivity index is 1.70. The van der Waals surface area contributed by atoms with Crippen LogP contribution in [0.4, 0.5) is 0 Å². The quantitative estimate of drug-likeness (QED) is 0.532. The number of thiophene rings is 1. The smallest absolute Gasteiger partial charge is 0.179 e. The van der Waals surface area contributed by atoms with Gasteiger partial charge in [-0.2, -0.15) is 0 Å². The Labute approximate surface area is 145 Å². The molecule has 4 rings (SSSR count). The van der Waals surface area contributed by atoms with E-state index >= 15 is 0 Å². The number of rotatable bonds is 3. The molecule has 3 nitrogen and oxygen atoms in total. The van der Waals surface area contributed by atoms with E-state index in [0.29, 0.717) is 5.82 Å². The first-order valence-electron chi connectivity index (χ1n) is 7.93. The van der Waals surface area contributed by atoms with Crippen molar-refractivity contribution < 1.29 is 0 Å². The molecule has 118 valence electrons. The Morgan fingerprint density at radius 3 is 2.58 bits per heavy atom. The minimum Gasteiger partial charge on any atom is -0.249 e. The second-order valence-corrected chi connectivity index (χ2v) is 7.08. The zero-order chi connectivity index (χ0) is 16.5. The number of nitrogens with zero attached hydrogens (tertiary/aromatic N) is 3. The predicted molar refractivity (Wildman–Crippen MR) is 99.4 cm³/mol. The lowest BCUT2D eigenvalue weighted by atomic mass is 10.1. The lowest BCUT2D eigenvalue weighted by molar-refractivity contribution is 1.06. The van der Waals surface area contributed by atoms with Crippen LogP contribution in [0.25, 0.3) is 21.7 Å². The molecular weight excluding hydrogens is 314 g/mol. The van der Waals surface area contributed by atoms with E-state index in [1.54, 1.807) is 11.3 Å². The second kappa shape index (κ2) is 6.13. The maximum atomic E-state index is 4.75. The van der Waals surface area contributed by atoms with Gasteiger partial charge in [0.15, 0.2) is 5.82 Å². The Morgan fingerprint density at radius 2 is 1.75 bits per heavy atom. The van der Waals surface area contributed by atoms with Gasteiger partial charge in [0.2, 0.25) is 0 Å². The fourth-order valence-electron chi connectivity index (χ4n) is 2.74. The molecule has 0 fully saturated rings. The Kier molecular flexibility index (Phi) is 3.82. The van der Waals surface area contributed by atoms with Gasteiger partial charge in [-0.25, -0.2) is 15.0 Å². The van der Waals surface area contributed by atoms with Crippen LogP contribution >= 0.6 is 11.3 Å². The minimum absolute atomic E-state index is 0.693. The maximum absolute atomic E-state index is 4.75. The summed E-state index contributed by atoms with van der Waals surface area (Å²) >= 11 is 1.72.